The summed E-state index contributed by atoms with van der Waals surface area (Å²) in [4.78, 5) is 27.9. The molecule has 0 amide bonds. The Bertz CT molecular complexity index is 639. The van der Waals surface area contributed by atoms with Crippen LogP contribution in [0.1, 0.15) is 28.7 Å². The fourth-order valence-corrected chi connectivity index (χ4v) is 1.69. The Morgan fingerprint density at radius 1 is 1.53 bits per heavy atom. The van der Waals surface area contributed by atoms with E-state index in [-0.39, 0.29) is 12.2 Å². The van der Waals surface area contributed by atoms with Crippen LogP contribution in [0.2, 0.25) is 0 Å². The molecule has 17 heavy (non-hydrogen) atoms. The second kappa shape index (κ2) is 4.04. The lowest BCUT2D eigenvalue weighted by Crippen LogP contribution is -2.26. The highest BCUT2D eigenvalue weighted by Gasteiger charge is 2.19. The molecule has 2 heterocycles. The van der Waals surface area contributed by atoms with Crippen molar-refractivity contribution in [3.63, 3.8) is 0 Å². The maximum Gasteiger partial charge on any atom is 0.345 e. The van der Waals surface area contributed by atoms with Crippen molar-refractivity contribution in [1.82, 2.24) is 14.6 Å². The van der Waals surface area contributed by atoms with Crippen LogP contribution in [0, 0.1) is 13.8 Å². The van der Waals surface area contributed by atoms with Gasteiger partial charge in [-0.2, -0.15) is 0 Å². The minimum absolute atomic E-state index is 0.0220. The van der Waals surface area contributed by atoms with Gasteiger partial charge >= 0.3 is 5.97 Å². The molecule has 0 fully saturated rings. The quantitative estimate of drug-likeness (QED) is 0.782. The maximum atomic E-state index is 12.1. The highest BCUT2D eigenvalue weighted by atomic mass is 16.5. The van der Waals surface area contributed by atoms with Gasteiger partial charge in [-0.25, -0.2) is 14.3 Å². The molecule has 0 bridgehead atoms. The van der Waals surface area contributed by atoms with Crippen molar-refractivity contribution in [2.75, 3.05) is 6.61 Å². The number of aryl methyl sites for hydroxylation is 2. The Labute approximate surface area is 97.2 Å². The molecule has 2 aromatic rings. The fourth-order valence-electron chi connectivity index (χ4n) is 1.69. The summed E-state index contributed by atoms with van der Waals surface area (Å²) in [5.74, 6) is -0.635. The van der Waals surface area contributed by atoms with Crippen LogP contribution in [0.5, 0.6) is 0 Å². The van der Waals surface area contributed by atoms with E-state index < -0.39 is 11.5 Å². The number of nitrogens with zero attached hydrogens (tertiary/aromatic N) is 2. The number of aromatic amines is 1. The summed E-state index contributed by atoms with van der Waals surface area (Å²) in [5.41, 5.74) is 1.23. The Morgan fingerprint density at radius 3 is 2.88 bits per heavy atom. The monoisotopic (exact) mass is 235 g/mol. The lowest BCUT2D eigenvalue weighted by atomic mass is 10.2. The van der Waals surface area contributed by atoms with E-state index in [9.17, 15) is 9.59 Å². The van der Waals surface area contributed by atoms with Crippen LogP contribution in [0.15, 0.2) is 10.9 Å². The van der Waals surface area contributed by atoms with E-state index in [2.05, 4.69) is 10.1 Å². The first-order chi connectivity index (χ1) is 8.04. The molecule has 6 nitrogen and oxygen atoms in total. The van der Waals surface area contributed by atoms with Crippen molar-refractivity contribution >= 4 is 11.6 Å². The summed E-state index contributed by atoms with van der Waals surface area (Å²) in [5, 5.41) is 2.83. The third-order valence-electron chi connectivity index (χ3n) is 2.40. The third-order valence-corrected chi connectivity index (χ3v) is 2.40. The fraction of sp³-hybridized carbons (Fsp3) is 0.364. The van der Waals surface area contributed by atoms with Crippen LogP contribution in [0.25, 0.3) is 5.65 Å². The number of carbonyl (C=O) groups excluding carboxylic acids is 1. The molecule has 0 saturated carbocycles. The minimum Gasteiger partial charge on any atom is -0.462 e. The van der Waals surface area contributed by atoms with E-state index in [1.165, 1.54) is 4.52 Å². The molecular weight excluding hydrogens is 222 g/mol. The van der Waals surface area contributed by atoms with Gasteiger partial charge in [0, 0.05) is 11.8 Å². The van der Waals surface area contributed by atoms with Gasteiger partial charge in [0.2, 0.25) is 0 Å². The average molecular weight is 235 g/mol. The van der Waals surface area contributed by atoms with Gasteiger partial charge in [0.05, 0.1) is 12.3 Å². The minimum atomic E-state index is -0.635. The predicted molar refractivity (Wildman–Crippen MR) is 61.2 cm³/mol. The molecule has 0 aliphatic rings. The lowest BCUT2D eigenvalue weighted by molar-refractivity contribution is 0.0522. The molecule has 0 unspecified atom stereocenters. The van der Waals surface area contributed by atoms with Crippen molar-refractivity contribution in [3.05, 3.63) is 33.4 Å². The first-order valence-electron chi connectivity index (χ1n) is 5.30. The molecule has 0 aliphatic carbocycles. The predicted octanol–water partition coefficient (Wildman–Crippen LogP) is 0.816. The SMILES string of the molecule is CCOC(=O)c1c(C)nc2cc(C)[nH]n2c1=O. The summed E-state index contributed by atoms with van der Waals surface area (Å²) in [6.45, 7) is 5.35. The van der Waals surface area contributed by atoms with E-state index in [0.717, 1.165) is 5.69 Å². The summed E-state index contributed by atoms with van der Waals surface area (Å²) in [6, 6.07) is 1.74. The highest BCUT2D eigenvalue weighted by molar-refractivity contribution is 5.90. The molecule has 0 spiro atoms. The number of esters is 1. The number of ether oxygens (including phenoxy) is 1. The van der Waals surface area contributed by atoms with Gasteiger partial charge in [0.15, 0.2) is 5.65 Å². The molecule has 6 heteroatoms. The Kier molecular flexibility index (Phi) is 2.71. The number of hydrogen-bond donors (Lipinski definition) is 1. The standard InChI is InChI=1S/C11H13N3O3/c1-4-17-11(16)9-7(3)12-8-5-6(2)13-14(8)10(9)15/h5,13H,4H2,1-3H3. The summed E-state index contributed by atoms with van der Waals surface area (Å²) < 4.78 is 6.08. The van der Waals surface area contributed by atoms with Gasteiger partial charge in [-0.05, 0) is 20.8 Å². The zero-order valence-corrected chi connectivity index (χ0v) is 9.90. The molecule has 1 N–H and O–H groups in total. The van der Waals surface area contributed by atoms with Crippen molar-refractivity contribution in [1.29, 1.82) is 0 Å². The normalized spacial score (nSPS) is 10.8. The van der Waals surface area contributed by atoms with E-state index in [0.29, 0.717) is 11.3 Å². The Morgan fingerprint density at radius 2 is 2.24 bits per heavy atom. The second-order valence-electron chi connectivity index (χ2n) is 3.73. The number of fused-ring (bicyclic) bond motifs is 1. The van der Waals surface area contributed by atoms with Crippen LogP contribution >= 0.6 is 0 Å². The van der Waals surface area contributed by atoms with E-state index in [1.54, 1.807) is 19.9 Å². The average Bonchev–Trinajstić information content (AvgIpc) is 2.59. The van der Waals surface area contributed by atoms with Crippen molar-refractivity contribution in [2.45, 2.75) is 20.8 Å². The van der Waals surface area contributed by atoms with Crippen LogP contribution in [0.3, 0.4) is 0 Å². The Balaban J connectivity index is 2.71. The number of aromatic nitrogens is 3. The maximum absolute atomic E-state index is 12.1. The van der Waals surface area contributed by atoms with E-state index >= 15 is 0 Å². The summed E-state index contributed by atoms with van der Waals surface area (Å²) in [7, 11) is 0. The number of hydrogen-bond acceptors (Lipinski definition) is 4. The second-order valence-corrected chi connectivity index (χ2v) is 3.73. The van der Waals surface area contributed by atoms with Gasteiger partial charge in [-0.3, -0.25) is 9.89 Å². The molecule has 90 valence electrons. The zero-order chi connectivity index (χ0) is 12.6. The van der Waals surface area contributed by atoms with Gasteiger partial charge in [-0.1, -0.05) is 0 Å². The molecular formula is C11H13N3O3. The van der Waals surface area contributed by atoms with Gasteiger partial charge in [-0.15, -0.1) is 0 Å². The van der Waals surface area contributed by atoms with Gasteiger partial charge in [0.1, 0.15) is 5.56 Å². The van der Waals surface area contributed by atoms with E-state index in [4.69, 9.17) is 4.74 Å². The number of nitrogens with one attached hydrogen (secondary N) is 1. The molecule has 0 radical (unpaired) electrons. The van der Waals surface area contributed by atoms with Crippen LogP contribution < -0.4 is 5.56 Å². The number of H-pyrrole nitrogens is 1. The smallest absolute Gasteiger partial charge is 0.345 e. The molecule has 0 aliphatic heterocycles. The topological polar surface area (TPSA) is 76.5 Å². The third kappa shape index (κ3) is 1.82. The van der Waals surface area contributed by atoms with Crippen LogP contribution in [-0.2, 0) is 4.74 Å². The van der Waals surface area contributed by atoms with Crippen molar-refractivity contribution in [2.24, 2.45) is 0 Å². The molecule has 0 atom stereocenters. The van der Waals surface area contributed by atoms with E-state index in [1.807, 2.05) is 6.92 Å². The van der Waals surface area contributed by atoms with Gasteiger partial charge < -0.3 is 4.74 Å². The summed E-state index contributed by atoms with van der Waals surface area (Å²) in [6.07, 6.45) is 0. The molecule has 2 rings (SSSR count). The Hall–Kier alpha value is -2.11. The largest absolute Gasteiger partial charge is 0.462 e. The summed E-state index contributed by atoms with van der Waals surface area (Å²) >= 11 is 0. The van der Waals surface area contributed by atoms with Crippen LogP contribution in [0.4, 0.5) is 0 Å². The molecule has 2 aromatic heterocycles. The van der Waals surface area contributed by atoms with Gasteiger partial charge in [0.25, 0.3) is 5.56 Å². The zero-order valence-electron chi connectivity index (χ0n) is 9.90. The van der Waals surface area contributed by atoms with Crippen molar-refractivity contribution in [3.8, 4) is 0 Å². The first kappa shape index (κ1) is 11.4. The van der Waals surface area contributed by atoms with Crippen molar-refractivity contribution < 1.29 is 9.53 Å². The highest BCUT2D eigenvalue weighted by Crippen LogP contribution is 2.06. The molecule has 0 saturated heterocycles. The molecule has 0 aromatic carbocycles. The first-order valence-corrected chi connectivity index (χ1v) is 5.30. The van der Waals surface area contributed by atoms with Crippen LogP contribution in [-0.4, -0.2) is 27.2 Å². The number of rotatable bonds is 2. The lowest BCUT2D eigenvalue weighted by Gasteiger charge is -2.04. The number of carbonyl (C=O) groups is 1.